The Morgan fingerprint density at radius 3 is 2.29 bits per heavy atom. The molecule has 0 bridgehead atoms. The largest absolute Gasteiger partial charge is 0.461 e. The molecule has 1 saturated heterocycles. The Morgan fingerprint density at radius 1 is 0.980 bits per heavy atom. The Labute approximate surface area is 282 Å². The highest BCUT2D eigenvalue weighted by Gasteiger charge is 2.56. The number of rotatable bonds is 10. The molecule has 3 unspecified atom stereocenters. The van der Waals surface area contributed by atoms with E-state index in [0.29, 0.717) is 27.8 Å². The van der Waals surface area contributed by atoms with Gasteiger partial charge in [-0.05, 0) is 34.7 Å². The summed E-state index contributed by atoms with van der Waals surface area (Å²) in [4.78, 5) is 57.5. The molecule has 2 amide bonds. The number of nitrogens with one attached hydrogen (secondary N) is 2. The molecule has 2 aliphatic heterocycles. The monoisotopic (exact) mass is 690 g/mol. The minimum atomic E-state index is -4.53. The lowest BCUT2D eigenvalue weighted by Crippen LogP contribution is -2.74. The molecule has 0 radical (unpaired) electrons. The molecule has 1 fully saturated rings. The summed E-state index contributed by atoms with van der Waals surface area (Å²) in [6.07, 6.45) is -3.99. The van der Waals surface area contributed by atoms with Gasteiger partial charge in [-0.25, -0.2) is 4.79 Å². The number of fused-ring (bicyclic) bond motifs is 2. The number of carbonyl (C=O) groups excluding carboxylic acids is 4. The van der Waals surface area contributed by atoms with Gasteiger partial charge in [0.15, 0.2) is 12.1 Å². The zero-order valence-electron chi connectivity index (χ0n) is 25.8. The van der Waals surface area contributed by atoms with Gasteiger partial charge in [-0.15, -0.1) is 11.8 Å². The van der Waals surface area contributed by atoms with Crippen molar-refractivity contribution in [2.45, 2.75) is 36.7 Å². The van der Waals surface area contributed by atoms with Crippen molar-refractivity contribution in [3.05, 3.63) is 119 Å². The van der Waals surface area contributed by atoms with Crippen molar-refractivity contribution in [2.24, 2.45) is 0 Å². The lowest BCUT2D eigenvalue weighted by atomic mass is 9.97. The number of thioether (sulfide) groups is 1. The first-order chi connectivity index (χ1) is 23.5. The van der Waals surface area contributed by atoms with E-state index in [1.54, 1.807) is 5.41 Å². The van der Waals surface area contributed by atoms with Crippen molar-refractivity contribution in [3.8, 4) is 0 Å². The molecular weight excluding hydrogens is 661 g/mol. The third-order valence-corrected chi connectivity index (χ3v) is 9.22. The van der Waals surface area contributed by atoms with Crippen LogP contribution in [0.25, 0.3) is 10.9 Å². The average Bonchev–Trinajstić information content (AvgIpc) is 3.10. The zero-order chi connectivity index (χ0) is 34.7. The number of anilines is 1. The van der Waals surface area contributed by atoms with Gasteiger partial charge in [0.1, 0.15) is 18.0 Å². The van der Waals surface area contributed by atoms with E-state index in [-0.39, 0.29) is 18.7 Å². The minimum Gasteiger partial charge on any atom is -0.461 e. The van der Waals surface area contributed by atoms with E-state index in [4.69, 9.17) is 9.47 Å². The van der Waals surface area contributed by atoms with Crippen molar-refractivity contribution in [2.75, 3.05) is 18.5 Å². The fourth-order valence-electron chi connectivity index (χ4n) is 5.64. The molecule has 2 N–H and O–H groups in total. The van der Waals surface area contributed by atoms with Crippen LogP contribution in [0.4, 0.5) is 18.9 Å². The van der Waals surface area contributed by atoms with E-state index in [9.17, 15) is 32.3 Å². The Morgan fingerprint density at radius 2 is 1.65 bits per heavy atom. The quantitative estimate of drug-likeness (QED) is 0.170. The summed E-state index contributed by atoms with van der Waals surface area (Å²) in [5.74, 6) is -2.40. The van der Waals surface area contributed by atoms with Crippen LogP contribution < -0.4 is 10.6 Å². The number of hydrogen-bond donors (Lipinski definition) is 2. The third-order valence-electron chi connectivity index (χ3n) is 8.00. The molecule has 49 heavy (non-hydrogen) atoms. The van der Waals surface area contributed by atoms with Gasteiger partial charge in [0.2, 0.25) is 11.8 Å². The number of hydrogen-bond acceptors (Lipinski definition) is 9. The maximum atomic E-state index is 13.9. The summed E-state index contributed by atoms with van der Waals surface area (Å²) < 4.78 is 50.7. The number of amides is 2. The first-order valence-electron chi connectivity index (χ1n) is 15.1. The number of β-lactam (4-membered cyclic amide) rings is 1. The second-order valence-electron chi connectivity index (χ2n) is 11.3. The van der Waals surface area contributed by atoms with Crippen molar-refractivity contribution >= 4 is 52.1 Å². The van der Waals surface area contributed by atoms with E-state index in [1.165, 1.54) is 41.9 Å². The van der Waals surface area contributed by atoms with Crippen LogP contribution in [-0.4, -0.2) is 64.2 Å². The number of aromatic nitrogens is 1. The SMILES string of the molecule is CC(=O)OCC1=CSC2C(NC(=O)CNc3ccnc4cc(C(F)(F)F)ccc34)C(=O)N2C1C(=O)OC(c1ccccc1)c1ccccc1. The summed E-state index contributed by atoms with van der Waals surface area (Å²) in [7, 11) is 0. The van der Waals surface area contributed by atoms with E-state index in [2.05, 4.69) is 15.6 Å². The summed E-state index contributed by atoms with van der Waals surface area (Å²) >= 11 is 1.19. The molecule has 252 valence electrons. The Hall–Kier alpha value is -5.37. The molecule has 4 aromatic rings. The first-order valence-corrected chi connectivity index (χ1v) is 16.0. The van der Waals surface area contributed by atoms with Gasteiger partial charge in [-0.2, -0.15) is 13.2 Å². The molecule has 10 nitrogen and oxygen atoms in total. The van der Waals surface area contributed by atoms with Crippen molar-refractivity contribution in [1.29, 1.82) is 0 Å². The van der Waals surface area contributed by atoms with Gasteiger partial charge >= 0.3 is 18.1 Å². The average molecular weight is 691 g/mol. The van der Waals surface area contributed by atoms with Crippen LogP contribution in [0.15, 0.2) is 102 Å². The topological polar surface area (TPSA) is 127 Å². The van der Waals surface area contributed by atoms with E-state index in [1.807, 2.05) is 60.7 Å². The van der Waals surface area contributed by atoms with E-state index >= 15 is 0 Å². The fraction of sp³-hybridized carbons (Fsp3) is 0.229. The number of pyridine rings is 1. The fourth-order valence-corrected chi connectivity index (χ4v) is 6.85. The number of benzene rings is 3. The van der Waals surface area contributed by atoms with Gasteiger partial charge in [0.25, 0.3) is 0 Å². The predicted molar refractivity (Wildman–Crippen MR) is 175 cm³/mol. The number of nitrogens with zero attached hydrogens (tertiary/aromatic N) is 2. The van der Waals surface area contributed by atoms with E-state index in [0.717, 1.165) is 12.1 Å². The number of alkyl halides is 3. The highest BCUT2D eigenvalue weighted by molar-refractivity contribution is 8.03. The van der Waals surface area contributed by atoms with Crippen LogP contribution in [0.3, 0.4) is 0 Å². The Bertz CT molecular complexity index is 1890. The highest BCUT2D eigenvalue weighted by atomic mass is 32.2. The second-order valence-corrected chi connectivity index (χ2v) is 12.3. The van der Waals surface area contributed by atoms with Gasteiger partial charge < -0.3 is 25.0 Å². The van der Waals surface area contributed by atoms with Gasteiger partial charge in [-0.3, -0.25) is 19.4 Å². The number of halogens is 3. The highest BCUT2D eigenvalue weighted by Crippen LogP contribution is 2.41. The van der Waals surface area contributed by atoms with Crippen LogP contribution >= 0.6 is 11.8 Å². The van der Waals surface area contributed by atoms with Crippen molar-refractivity contribution in [1.82, 2.24) is 15.2 Å². The zero-order valence-corrected chi connectivity index (χ0v) is 26.7. The second kappa shape index (κ2) is 14.0. The molecule has 3 atom stereocenters. The van der Waals surface area contributed by atoms with Crippen LogP contribution in [0.1, 0.15) is 29.7 Å². The smallest absolute Gasteiger partial charge is 0.416 e. The normalized spacial score (nSPS) is 18.6. The lowest BCUT2D eigenvalue weighted by Gasteiger charge is -2.51. The molecule has 6 rings (SSSR count). The van der Waals surface area contributed by atoms with Gasteiger partial charge in [0, 0.05) is 29.8 Å². The summed E-state index contributed by atoms with van der Waals surface area (Å²) in [5.41, 5.74) is 1.41. The van der Waals surface area contributed by atoms with Gasteiger partial charge in [0.05, 0.1) is 17.6 Å². The van der Waals surface area contributed by atoms with E-state index < -0.39 is 59.1 Å². The molecule has 3 heterocycles. The molecule has 0 saturated carbocycles. The van der Waals surface area contributed by atoms with Crippen molar-refractivity contribution < 1.29 is 41.8 Å². The third kappa shape index (κ3) is 7.23. The summed E-state index contributed by atoms with van der Waals surface area (Å²) in [5, 5.41) is 6.94. The molecule has 3 aromatic carbocycles. The molecule has 0 aliphatic carbocycles. The number of esters is 2. The van der Waals surface area contributed by atoms with Crippen LogP contribution in [0, 0.1) is 0 Å². The van der Waals surface area contributed by atoms with Crippen LogP contribution in [0.5, 0.6) is 0 Å². The summed E-state index contributed by atoms with van der Waals surface area (Å²) in [6, 6.07) is 20.7. The minimum absolute atomic E-state index is 0.0969. The van der Waals surface area contributed by atoms with Gasteiger partial charge in [-0.1, -0.05) is 66.7 Å². The molecule has 0 spiro atoms. The maximum Gasteiger partial charge on any atom is 0.416 e. The molecule has 2 aliphatic rings. The van der Waals surface area contributed by atoms with Crippen molar-refractivity contribution in [3.63, 3.8) is 0 Å². The first kappa shape index (κ1) is 33.5. The molecule has 1 aromatic heterocycles. The maximum absolute atomic E-state index is 13.9. The number of carbonyl (C=O) groups is 4. The standard InChI is InChI=1S/C35H29F3N4O6S/c1-20(43)47-18-23-19-49-33-29(41-28(44)17-40-26-14-15-39-27-16-24(35(36,37)38)12-13-25(26)27)32(45)42(33)30(23)34(46)48-31(21-8-4-2-5-9-21)22-10-6-3-7-11-22/h2-16,19,29-31,33H,17-18H2,1H3,(H,39,40)(H,41,44). The molecular formula is C35H29F3N4O6S. The Balaban J connectivity index is 1.17. The predicted octanol–water partition coefficient (Wildman–Crippen LogP) is 5.21. The Kier molecular flexibility index (Phi) is 9.58. The van der Waals surface area contributed by atoms with Crippen LogP contribution in [-0.2, 0) is 34.8 Å². The lowest BCUT2D eigenvalue weighted by molar-refractivity contribution is -0.166. The summed E-state index contributed by atoms with van der Waals surface area (Å²) in [6.45, 7) is 0.692. The molecule has 14 heteroatoms. The number of ether oxygens (including phenoxy) is 2. The van der Waals surface area contributed by atoms with Crippen LogP contribution in [0.2, 0.25) is 0 Å².